The molecule has 1 spiro atoms. The zero-order chi connectivity index (χ0) is 27.4. The number of piperidine rings is 2. The Balaban J connectivity index is 1.22. The van der Waals surface area contributed by atoms with E-state index in [2.05, 4.69) is 20.6 Å². The highest BCUT2D eigenvalue weighted by atomic mass is 19.4. The van der Waals surface area contributed by atoms with Crippen molar-refractivity contribution in [2.45, 2.75) is 62.3 Å². The smallest absolute Gasteiger partial charge is 0.430 e. The molecule has 1 aromatic carbocycles. The molecule has 3 fully saturated rings. The number of hydrogen-bond donors (Lipinski definition) is 3. The summed E-state index contributed by atoms with van der Waals surface area (Å²) >= 11 is 0. The zero-order valence-corrected chi connectivity index (χ0v) is 22.1. The highest BCUT2D eigenvalue weighted by Gasteiger charge is 2.48. The second-order valence-corrected chi connectivity index (χ2v) is 11.5. The van der Waals surface area contributed by atoms with Crippen LogP contribution in [0.15, 0.2) is 42.3 Å². The predicted octanol–water partition coefficient (Wildman–Crippen LogP) is 3.50. The average molecular weight is 545 g/mol. The highest BCUT2D eigenvalue weighted by Crippen LogP contribution is 2.50. The van der Waals surface area contributed by atoms with E-state index < -0.39 is 23.3 Å². The number of primary amides is 1. The maximum atomic E-state index is 13.5. The topological polar surface area (TPSA) is 97.4 Å². The van der Waals surface area contributed by atoms with Crippen LogP contribution in [0.25, 0.3) is 10.9 Å². The molecule has 39 heavy (non-hydrogen) atoms. The number of carbonyl (C=O) groups is 1. The van der Waals surface area contributed by atoms with Crippen molar-refractivity contribution in [1.82, 2.24) is 25.3 Å². The molecule has 210 valence electrons. The molecule has 1 saturated carbocycles. The molecule has 6 rings (SSSR count). The number of allylic oxidation sites excluding steroid dienone is 3. The third-order valence-electron chi connectivity index (χ3n) is 9.34. The van der Waals surface area contributed by atoms with Crippen molar-refractivity contribution in [3.05, 3.63) is 47.8 Å². The number of ether oxygens (including phenoxy) is 1. The Morgan fingerprint density at radius 2 is 1.87 bits per heavy atom. The standard InChI is InChI=1S/C28H35F3N6O2/c1-39-23-14-22-18(13-21(23)27(25(32)38)6-2-3-24(35-27)28(29,30)31)17-34-37(22)19-4-11-36(12-5-19)20-15-26(16-20)7-9-33-10-8-26/h2-3,6,13-14,17,19-20,33,35H,4-5,7-12,15-16H2,1H3,(H2,32,38). The maximum Gasteiger partial charge on any atom is 0.430 e. The number of rotatable bonds is 5. The van der Waals surface area contributed by atoms with Gasteiger partial charge < -0.3 is 26.0 Å². The number of amides is 1. The van der Waals surface area contributed by atoms with Gasteiger partial charge in [0, 0.05) is 36.1 Å². The Morgan fingerprint density at radius 3 is 2.51 bits per heavy atom. The van der Waals surface area contributed by atoms with Gasteiger partial charge in [-0.05, 0) is 75.2 Å². The summed E-state index contributed by atoms with van der Waals surface area (Å²) in [7, 11) is 1.43. The number of hydrogen-bond acceptors (Lipinski definition) is 6. The minimum atomic E-state index is -4.67. The Labute approximate surface area is 225 Å². The van der Waals surface area contributed by atoms with E-state index in [-0.39, 0.29) is 17.4 Å². The van der Waals surface area contributed by atoms with Gasteiger partial charge in [-0.15, -0.1) is 0 Å². The van der Waals surface area contributed by atoms with E-state index in [4.69, 9.17) is 10.5 Å². The number of alkyl halides is 3. The molecular weight excluding hydrogens is 509 g/mol. The lowest BCUT2D eigenvalue weighted by Crippen LogP contribution is -2.56. The molecule has 1 aromatic heterocycles. The number of nitrogens with two attached hydrogens (primary N) is 1. The van der Waals surface area contributed by atoms with Crippen LogP contribution >= 0.6 is 0 Å². The van der Waals surface area contributed by atoms with Gasteiger partial charge >= 0.3 is 6.18 Å². The second kappa shape index (κ2) is 9.55. The molecule has 0 radical (unpaired) electrons. The van der Waals surface area contributed by atoms with E-state index in [0.29, 0.717) is 16.8 Å². The summed E-state index contributed by atoms with van der Waals surface area (Å²) in [5.74, 6) is -0.698. The van der Waals surface area contributed by atoms with Gasteiger partial charge in [0.1, 0.15) is 11.4 Å². The van der Waals surface area contributed by atoms with Crippen molar-refractivity contribution in [3.8, 4) is 5.75 Å². The van der Waals surface area contributed by atoms with Crippen LogP contribution in [-0.2, 0) is 10.3 Å². The predicted molar refractivity (Wildman–Crippen MR) is 141 cm³/mol. The quantitative estimate of drug-likeness (QED) is 0.533. The Kier molecular flexibility index (Phi) is 6.41. The van der Waals surface area contributed by atoms with E-state index in [1.54, 1.807) is 18.3 Å². The molecule has 4 N–H and O–H groups in total. The molecule has 1 unspecified atom stereocenters. The number of aromatic nitrogens is 2. The normalized spacial score (nSPS) is 26.3. The largest absolute Gasteiger partial charge is 0.496 e. The van der Waals surface area contributed by atoms with Crippen LogP contribution in [0.3, 0.4) is 0 Å². The van der Waals surface area contributed by atoms with E-state index in [1.165, 1.54) is 44.9 Å². The van der Waals surface area contributed by atoms with Crippen LogP contribution in [0.2, 0.25) is 0 Å². The maximum absolute atomic E-state index is 13.5. The van der Waals surface area contributed by atoms with Gasteiger partial charge in [-0.3, -0.25) is 9.48 Å². The van der Waals surface area contributed by atoms with Crippen molar-refractivity contribution >= 4 is 16.8 Å². The number of fused-ring (bicyclic) bond motifs is 1. The first-order chi connectivity index (χ1) is 18.6. The van der Waals surface area contributed by atoms with Gasteiger partial charge in [-0.2, -0.15) is 18.3 Å². The molecule has 3 aliphatic heterocycles. The van der Waals surface area contributed by atoms with E-state index >= 15 is 0 Å². The third-order valence-corrected chi connectivity index (χ3v) is 9.34. The minimum absolute atomic E-state index is 0.208. The first-order valence-electron chi connectivity index (χ1n) is 13.7. The number of benzene rings is 1. The van der Waals surface area contributed by atoms with E-state index in [1.807, 2.05) is 4.68 Å². The number of nitrogens with one attached hydrogen (secondary N) is 2. The van der Waals surface area contributed by atoms with Gasteiger partial charge in [0.05, 0.1) is 24.9 Å². The van der Waals surface area contributed by atoms with Crippen LogP contribution in [0, 0.1) is 5.41 Å². The fourth-order valence-electron chi connectivity index (χ4n) is 7.08. The van der Waals surface area contributed by atoms with Crippen molar-refractivity contribution in [2.75, 3.05) is 33.3 Å². The average Bonchev–Trinajstić information content (AvgIpc) is 3.34. The number of carbonyl (C=O) groups excluding carboxylic acids is 1. The monoisotopic (exact) mass is 544 g/mol. The first-order valence-corrected chi connectivity index (χ1v) is 13.7. The molecule has 2 aromatic rings. The molecule has 8 nitrogen and oxygen atoms in total. The molecule has 4 heterocycles. The highest BCUT2D eigenvalue weighted by molar-refractivity contribution is 5.93. The lowest BCUT2D eigenvalue weighted by molar-refractivity contribution is -0.125. The van der Waals surface area contributed by atoms with Gasteiger partial charge in [0.25, 0.3) is 5.91 Å². The summed E-state index contributed by atoms with van der Waals surface area (Å²) in [5, 5.41) is 11.2. The van der Waals surface area contributed by atoms with Crippen molar-refractivity contribution < 1.29 is 22.7 Å². The second-order valence-electron chi connectivity index (χ2n) is 11.5. The lowest BCUT2D eigenvalue weighted by atomic mass is 9.60. The van der Waals surface area contributed by atoms with Gasteiger partial charge in [-0.1, -0.05) is 6.08 Å². The van der Waals surface area contributed by atoms with Crippen molar-refractivity contribution in [1.29, 1.82) is 0 Å². The summed E-state index contributed by atoms with van der Waals surface area (Å²) < 4.78 is 48.2. The number of likely N-dealkylation sites (tertiary alicyclic amines) is 1. The minimum Gasteiger partial charge on any atom is -0.496 e. The summed E-state index contributed by atoms with van der Waals surface area (Å²) in [6.45, 7) is 4.32. The SMILES string of the molecule is COc1cc2c(cnn2C2CCN(C3CC4(CCNCC4)C3)CC2)cc1C1(C(N)=O)C=CC=C(C(F)(F)F)N1. The first kappa shape index (κ1) is 26.2. The summed E-state index contributed by atoms with van der Waals surface area (Å²) in [4.78, 5) is 15.3. The summed E-state index contributed by atoms with van der Waals surface area (Å²) in [6.07, 6.45) is 7.57. The van der Waals surface area contributed by atoms with Crippen LogP contribution in [0.1, 0.15) is 50.1 Å². The number of methoxy groups -OCH3 is 1. The van der Waals surface area contributed by atoms with Crippen LogP contribution in [0.4, 0.5) is 13.2 Å². The third kappa shape index (κ3) is 4.49. The molecule has 4 aliphatic rings. The zero-order valence-electron chi connectivity index (χ0n) is 22.1. The van der Waals surface area contributed by atoms with Crippen LogP contribution in [0.5, 0.6) is 5.75 Å². The lowest BCUT2D eigenvalue weighted by Gasteiger charge is -2.55. The molecule has 1 aliphatic carbocycles. The summed E-state index contributed by atoms with van der Waals surface area (Å²) in [6, 6.07) is 4.29. The van der Waals surface area contributed by atoms with E-state index in [9.17, 15) is 18.0 Å². The van der Waals surface area contributed by atoms with Gasteiger partial charge in [0.15, 0.2) is 5.54 Å². The number of halogens is 3. The molecule has 11 heteroatoms. The van der Waals surface area contributed by atoms with Crippen LogP contribution in [-0.4, -0.2) is 66.1 Å². The summed E-state index contributed by atoms with van der Waals surface area (Å²) in [5.41, 5.74) is 4.32. The fourth-order valence-corrected chi connectivity index (χ4v) is 7.08. The molecular formula is C28H35F3N6O2. The number of nitrogens with zero attached hydrogens (tertiary/aromatic N) is 3. The Hall–Kier alpha value is -3.05. The van der Waals surface area contributed by atoms with Crippen molar-refractivity contribution in [2.24, 2.45) is 11.1 Å². The molecule has 1 atom stereocenters. The van der Waals surface area contributed by atoms with Crippen molar-refractivity contribution in [3.63, 3.8) is 0 Å². The van der Waals surface area contributed by atoms with Gasteiger partial charge in [0.2, 0.25) is 0 Å². The molecule has 1 amide bonds. The molecule has 2 saturated heterocycles. The number of dihydropyridines is 1. The Morgan fingerprint density at radius 1 is 1.15 bits per heavy atom. The fraction of sp³-hybridized carbons (Fsp3) is 0.571. The van der Waals surface area contributed by atoms with Crippen LogP contribution < -0.4 is 21.1 Å². The van der Waals surface area contributed by atoms with Gasteiger partial charge in [-0.25, -0.2) is 0 Å². The molecule has 0 bridgehead atoms. The Bertz CT molecular complexity index is 1310. The van der Waals surface area contributed by atoms with E-state index in [0.717, 1.165) is 50.6 Å².